The quantitative estimate of drug-likeness (QED) is 0.241. The van der Waals surface area contributed by atoms with E-state index in [0.29, 0.717) is 11.1 Å². The molecule has 0 aromatic rings. The SMILES string of the molecule is CC(C)(C)C1=CC(C(C)(C)C)=C(SSC2=C(C(C)(C)C)C=C(C(C)(C)C)C2[Si](C)(C)C)C1[Si](C)(C)C. The standard InChI is InChI=1S/C32H58S2Si2/c1-29(2,3)21-19-23(31(7,8)9)27(35(13,14)15)25(21)33-34-26-22(30(4,5)6)20-24(32(10,11)12)28(26)36(16,17)18/h19-20,27-28H,1-18H3. The average molecular weight is 563 g/mol. The Labute approximate surface area is 236 Å². The summed E-state index contributed by atoms with van der Waals surface area (Å²) in [6.07, 6.45) is 5.24. The molecular weight excluding hydrogens is 505 g/mol. The van der Waals surface area contributed by atoms with Crippen LogP contribution in [0.2, 0.25) is 50.4 Å². The molecule has 2 atom stereocenters. The molecule has 0 nitrogen and oxygen atoms in total. The molecule has 0 fully saturated rings. The van der Waals surface area contributed by atoms with Gasteiger partial charge in [0.25, 0.3) is 0 Å². The minimum absolute atomic E-state index is 0.151. The van der Waals surface area contributed by atoms with Crippen LogP contribution in [0.4, 0.5) is 0 Å². The second kappa shape index (κ2) is 9.93. The second-order valence-corrected chi connectivity index (χ2v) is 30.4. The van der Waals surface area contributed by atoms with Gasteiger partial charge in [0.05, 0.1) is 16.1 Å². The van der Waals surface area contributed by atoms with Crippen LogP contribution >= 0.6 is 21.6 Å². The van der Waals surface area contributed by atoms with Crippen molar-refractivity contribution in [3.63, 3.8) is 0 Å². The van der Waals surface area contributed by atoms with Gasteiger partial charge in [0.15, 0.2) is 0 Å². The summed E-state index contributed by atoms with van der Waals surface area (Å²) in [6, 6.07) is 0. The smallest absolute Gasteiger partial charge is 0.0576 e. The highest BCUT2D eigenvalue weighted by atomic mass is 33.1. The Morgan fingerprint density at radius 1 is 0.472 bits per heavy atom. The number of allylic oxidation sites excluding steroid dienone is 8. The maximum Gasteiger partial charge on any atom is 0.0576 e. The van der Waals surface area contributed by atoms with E-state index in [4.69, 9.17) is 0 Å². The summed E-state index contributed by atoms with van der Waals surface area (Å²) in [4.78, 5) is 3.33. The molecule has 0 spiro atoms. The van der Waals surface area contributed by atoms with Crippen molar-refractivity contribution in [2.75, 3.05) is 0 Å². The van der Waals surface area contributed by atoms with Gasteiger partial charge >= 0.3 is 0 Å². The van der Waals surface area contributed by atoms with E-state index in [2.05, 4.69) is 156 Å². The first kappa shape index (κ1) is 32.3. The summed E-state index contributed by atoms with van der Waals surface area (Å²) < 4.78 is 0. The lowest BCUT2D eigenvalue weighted by atomic mass is 9.83. The molecule has 2 aliphatic rings. The molecule has 4 heteroatoms. The van der Waals surface area contributed by atoms with Crippen LogP contribution in [-0.2, 0) is 0 Å². The molecule has 0 aromatic carbocycles. The molecule has 206 valence electrons. The Balaban J connectivity index is 2.68. The Bertz CT molecular complexity index is 898. The maximum absolute atomic E-state index is 2.62. The van der Waals surface area contributed by atoms with Crippen LogP contribution in [0.5, 0.6) is 0 Å². The number of hydrogen-bond acceptors (Lipinski definition) is 2. The van der Waals surface area contributed by atoms with Crippen molar-refractivity contribution in [3.05, 3.63) is 44.3 Å². The molecule has 0 radical (unpaired) electrons. The van der Waals surface area contributed by atoms with Crippen molar-refractivity contribution < 1.29 is 0 Å². The first-order valence-electron chi connectivity index (χ1n) is 14.0. The molecule has 2 rings (SSSR count). The van der Waals surface area contributed by atoms with Crippen LogP contribution in [0.15, 0.2) is 44.3 Å². The highest BCUT2D eigenvalue weighted by molar-refractivity contribution is 8.79. The maximum atomic E-state index is 2.62. The van der Waals surface area contributed by atoms with Gasteiger partial charge in [-0.3, -0.25) is 0 Å². The van der Waals surface area contributed by atoms with Crippen molar-refractivity contribution in [1.29, 1.82) is 0 Å². The van der Waals surface area contributed by atoms with Gasteiger partial charge in [0.2, 0.25) is 0 Å². The Morgan fingerprint density at radius 2 is 0.722 bits per heavy atom. The Morgan fingerprint density at radius 3 is 0.889 bits per heavy atom. The first-order chi connectivity index (χ1) is 15.7. The van der Waals surface area contributed by atoms with E-state index in [1.54, 1.807) is 32.1 Å². The van der Waals surface area contributed by atoms with Crippen molar-refractivity contribution in [2.45, 2.75) is 133 Å². The van der Waals surface area contributed by atoms with E-state index in [0.717, 1.165) is 0 Å². The van der Waals surface area contributed by atoms with Crippen molar-refractivity contribution in [2.24, 2.45) is 21.7 Å². The zero-order valence-electron chi connectivity index (χ0n) is 27.1. The van der Waals surface area contributed by atoms with E-state index in [9.17, 15) is 0 Å². The van der Waals surface area contributed by atoms with Gasteiger partial charge in [-0.1, -0.05) is 167 Å². The normalized spacial score (nSPS) is 23.1. The van der Waals surface area contributed by atoms with Gasteiger partial charge in [0, 0.05) is 20.9 Å². The third-order valence-electron chi connectivity index (χ3n) is 7.58. The first-order valence-corrected chi connectivity index (χ1v) is 23.3. The zero-order valence-corrected chi connectivity index (χ0v) is 30.8. The van der Waals surface area contributed by atoms with Gasteiger partial charge in [-0.15, -0.1) is 0 Å². The molecule has 0 aliphatic heterocycles. The molecule has 0 N–H and O–H groups in total. The Hall–Kier alpha value is 0.0938. The predicted octanol–water partition coefficient (Wildman–Crippen LogP) is 12.4. The average Bonchev–Trinajstić information content (AvgIpc) is 3.17. The van der Waals surface area contributed by atoms with E-state index in [1.165, 1.54) is 0 Å². The number of rotatable bonds is 5. The van der Waals surface area contributed by atoms with Crippen LogP contribution in [-0.4, -0.2) is 16.1 Å². The molecule has 36 heavy (non-hydrogen) atoms. The summed E-state index contributed by atoms with van der Waals surface area (Å²) in [5.74, 6) is 0. The van der Waals surface area contributed by atoms with Crippen LogP contribution in [0.1, 0.15) is 83.1 Å². The fourth-order valence-electron chi connectivity index (χ4n) is 5.68. The molecule has 0 aromatic heterocycles. The molecule has 0 saturated carbocycles. The molecule has 0 heterocycles. The summed E-state index contributed by atoms with van der Waals surface area (Å²) in [6.45, 7) is 44.5. The molecule has 0 amide bonds. The summed E-state index contributed by atoms with van der Waals surface area (Å²) >= 11 is 0. The Kier molecular flexibility index (Phi) is 8.91. The zero-order chi connectivity index (χ0) is 28.4. The summed E-state index contributed by atoms with van der Waals surface area (Å²) in [5, 5.41) is 0. The van der Waals surface area contributed by atoms with Crippen molar-refractivity contribution >= 4 is 37.7 Å². The molecule has 2 aliphatic carbocycles. The van der Waals surface area contributed by atoms with Crippen LogP contribution < -0.4 is 0 Å². The van der Waals surface area contributed by atoms with Gasteiger partial charge in [-0.25, -0.2) is 0 Å². The topological polar surface area (TPSA) is 0 Å². The summed E-state index contributed by atoms with van der Waals surface area (Å²) in [7, 11) is 1.29. The lowest BCUT2D eigenvalue weighted by Crippen LogP contribution is -2.33. The van der Waals surface area contributed by atoms with Crippen molar-refractivity contribution in [1.82, 2.24) is 0 Å². The van der Waals surface area contributed by atoms with Gasteiger partial charge in [0.1, 0.15) is 0 Å². The molecule has 0 saturated heterocycles. The van der Waals surface area contributed by atoms with E-state index in [-0.39, 0.29) is 21.7 Å². The van der Waals surface area contributed by atoms with Gasteiger partial charge < -0.3 is 0 Å². The van der Waals surface area contributed by atoms with E-state index in [1.807, 2.05) is 0 Å². The van der Waals surface area contributed by atoms with Crippen molar-refractivity contribution in [3.8, 4) is 0 Å². The second-order valence-electron chi connectivity index (χ2n) is 17.5. The molecule has 0 bridgehead atoms. The highest BCUT2D eigenvalue weighted by Crippen LogP contribution is 2.64. The third-order valence-corrected chi connectivity index (χ3v) is 15.3. The lowest BCUT2D eigenvalue weighted by Gasteiger charge is -2.38. The third kappa shape index (κ3) is 6.99. The largest absolute Gasteiger partial charge is 0.0688 e. The molecule has 2 unspecified atom stereocenters. The minimum atomic E-state index is -1.49. The minimum Gasteiger partial charge on any atom is -0.0688 e. The van der Waals surface area contributed by atoms with Gasteiger partial charge in [-0.2, -0.15) is 0 Å². The predicted molar refractivity (Wildman–Crippen MR) is 177 cm³/mol. The fourth-order valence-corrected chi connectivity index (χ4v) is 16.6. The van der Waals surface area contributed by atoms with E-state index < -0.39 is 16.1 Å². The monoisotopic (exact) mass is 562 g/mol. The van der Waals surface area contributed by atoms with Crippen LogP contribution in [0.3, 0.4) is 0 Å². The van der Waals surface area contributed by atoms with Crippen LogP contribution in [0.25, 0.3) is 0 Å². The fraction of sp³-hybridized carbons (Fsp3) is 0.750. The highest BCUT2D eigenvalue weighted by Gasteiger charge is 2.47. The lowest BCUT2D eigenvalue weighted by molar-refractivity contribution is 0.491. The molecular formula is C32H58S2Si2. The summed E-state index contributed by atoms with van der Waals surface area (Å²) in [5.41, 5.74) is 8.40. The van der Waals surface area contributed by atoms with Crippen LogP contribution in [0, 0.1) is 21.7 Å². The van der Waals surface area contributed by atoms with Gasteiger partial charge in [-0.05, 0) is 32.8 Å². The number of hydrogen-bond donors (Lipinski definition) is 0. The van der Waals surface area contributed by atoms with E-state index >= 15 is 0 Å².